The first-order chi connectivity index (χ1) is 9.66. The fourth-order valence-electron chi connectivity index (χ4n) is 2.58. The molecule has 2 atom stereocenters. The second-order valence-corrected chi connectivity index (χ2v) is 5.61. The molecular weight excluding hydrogens is 254 g/mol. The average molecular weight is 275 g/mol. The van der Waals surface area contributed by atoms with E-state index in [4.69, 9.17) is 10.5 Å². The van der Waals surface area contributed by atoms with Crippen LogP contribution >= 0.6 is 0 Å². The van der Waals surface area contributed by atoms with Gasteiger partial charge in [-0.25, -0.2) is 4.98 Å². The van der Waals surface area contributed by atoms with Crippen LogP contribution in [-0.4, -0.2) is 32.5 Å². The predicted octanol–water partition coefficient (Wildman–Crippen LogP) is 1.69. The van der Waals surface area contributed by atoms with E-state index >= 15 is 0 Å². The lowest BCUT2D eigenvalue weighted by molar-refractivity contribution is 0.180. The monoisotopic (exact) mass is 275 g/mol. The topological polar surface area (TPSA) is 70.9 Å². The van der Waals surface area contributed by atoms with E-state index in [2.05, 4.69) is 23.9 Å². The molecule has 0 saturated carbocycles. The molecule has 0 amide bonds. The van der Waals surface area contributed by atoms with Crippen LogP contribution in [0.25, 0.3) is 5.69 Å². The zero-order chi connectivity index (χ0) is 14.1. The molecule has 1 fully saturated rings. The third-order valence-corrected chi connectivity index (χ3v) is 3.88. The molecule has 2 N–H and O–H groups in total. The van der Waals surface area contributed by atoms with Gasteiger partial charge in [-0.3, -0.25) is 9.25 Å². The summed E-state index contributed by atoms with van der Waals surface area (Å²) in [5.41, 5.74) is 8.40. The summed E-state index contributed by atoms with van der Waals surface area (Å²) in [5.74, 6) is 0.366. The molecular formula is C14H21N5O. The minimum absolute atomic E-state index is 0.0533. The largest absolute Gasteiger partial charge is 0.381 e. The lowest BCUT2D eigenvalue weighted by atomic mass is 9.97. The average Bonchev–Trinajstić information content (AvgIpc) is 3.17. The highest BCUT2D eigenvalue weighted by Gasteiger charge is 2.26. The second kappa shape index (κ2) is 5.38. The van der Waals surface area contributed by atoms with Gasteiger partial charge in [-0.05, 0) is 20.3 Å². The summed E-state index contributed by atoms with van der Waals surface area (Å²) in [6.07, 6.45) is 8.52. The molecule has 6 nitrogen and oxygen atoms in total. The molecule has 0 aromatic carbocycles. The molecule has 3 rings (SSSR count). The summed E-state index contributed by atoms with van der Waals surface area (Å²) in [7, 11) is 0. The molecule has 0 radical (unpaired) electrons. The van der Waals surface area contributed by atoms with Gasteiger partial charge in [-0.2, -0.15) is 5.10 Å². The molecule has 108 valence electrons. The van der Waals surface area contributed by atoms with Crippen molar-refractivity contribution < 1.29 is 4.74 Å². The van der Waals surface area contributed by atoms with Crippen LogP contribution in [-0.2, 0) is 4.74 Å². The minimum atomic E-state index is -0.0533. The standard InChI is InChI=1S/C14H21N5O/c1-10(2)19-7-12(5-17-19)18-9-16-6-13(18)14(15)11-3-4-20-8-11/h5-7,9-11,14H,3-4,8,15H2,1-2H3. The molecule has 20 heavy (non-hydrogen) atoms. The number of imidazole rings is 1. The lowest BCUT2D eigenvalue weighted by Crippen LogP contribution is -2.23. The summed E-state index contributed by atoms with van der Waals surface area (Å²) >= 11 is 0. The highest BCUT2D eigenvalue weighted by Crippen LogP contribution is 2.28. The van der Waals surface area contributed by atoms with Gasteiger partial charge in [0.25, 0.3) is 0 Å². The molecule has 3 heterocycles. The number of nitrogens with zero attached hydrogens (tertiary/aromatic N) is 4. The maximum atomic E-state index is 6.38. The zero-order valence-electron chi connectivity index (χ0n) is 11.9. The van der Waals surface area contributed by atoms with E-state index in [0.717, 1.165) is 31.0 Å². The van der Waals surface area contributed by atoms with Crippen LogP contribution < -0.4 is 5.73 Å². The quantitative estimate of drug-likeness (QED) is 0.921. The Kier molecular flexibility index (Phi) is 3.58. The van der Waals surface area contributed by atoms with Gasteiger partial charge in [0.1, 0.15) is 0 Å². The van der Waals surface area contributed by atoms with Gasteiger partial charge < -0.3 is 10.5 Å². The van der Waals surface area contributed by atoms with Crippen LogP contribution in [0.1, 0.15) is 38.0 Å². The van der Waals surface area contributed by atoms with Gasteiger partial charge >= 0.3 is 0 Å². The summed E-state index contributed by atoms with van der Waals surface area (Å²) < 4.78 is 9.39. The van der Waals surface area contributed by atoms with Crippen molar-refractivity contribution in [3.05, 3.63) is 30.6 Å². The van der Waals surface area contributed by atoms with Crippen molar-refractivity contribution in [2.24, 2.45) is 11.7 Å². The smallest absolute Gasteiger partial charge is 0.0995 e. The third-order valence-electron chi connectivity index (χ3n) is 3.88. The Morgan fingerprint density at radius 2 is 2.25 bits per heavy atom. The summed E-state index contributed by atoms with van der Waals surface area (Å²) in [4.78, 5) is 4.25. The Labute approximate surface area is 118 Å². The highest BCUT2D eigenvalue weighted by atomic mass is 16.5. The number of rotatable bonds is 4. The van der Waals surface area contributed by atoms with E-state index in [9.17, 15) is 0 Å². The normalized spacial score (nSPS) is 20.7. The SMILES string of the molecule is CC(C)n1cc(-n2cncc2C(N)C2CCOC2)cn1. The Balaban J connectivity index is 1.88. The van der Waals surface area contributed by atoms with Gasteiger partial charge in [-0.1, -0.05) is 0 Å². The molecule has 0 aliphatic carbocycles. The fraction of sp³-hybridized carbons (Fsp3) is 0.571. The second-order valence-electron chi connectivity index (χ2n) is 5.61. The fourth-order valence-corrected chi connectivity index (χ4v) is 2.58. The van der Waals surface area contributed by atoms with E-state index in [1.54, 1.807) is 6.33 Å². The maximum absolute atomic E-state index is 6.38. The van der Waals surface area contributed by atoms with Crippen molar-refractivity contribution in [3.8, 4) is 5.69 Å². The van der Waals surface area contributed by atoms with Crippen LogP contribution in [0.4, 0.5) is 0 Å². The van der Waals surface area contributed by atoms with Gasteiger partial charge in [0.2, 0.25) is 0 Å². The summed E-state index contributed by atoms with van der Waals surface area (Å²) in [5, 5.41) is 4.37. The molecule has 1 aliphatic rings. The molecule has 2 unspecified atom stereocenters. The van der Waals surface area contributed by atoms with E-state index in [1.807, 2.05) is 27.8 Å². The Morgan fingerprint density at radius 1 is 1.40 bits per heavy atom. The predicted molar refractivity (Wildman–Crippen MR) is 75.6 cm³/mol. The first-order valence-electron chi connectivity index (χ1n) is 7.07. The van der Waals surface area contributed by atoms with Gasteiger partial charge in [0.15, 0.2) is 0 Å². The molecule has 0 spiro atoms. The van der Waals surface area contributed by atoms with Crippen LogP contribution in [0, 0.1) is 5.92 Å². The van der Waals surface area contributed by atoms with Crippen molar-refractivity contribution in [3.63, 3.8) is 0 Å². The van der Waals surface area contributed by atoms with Crippen LogP contribution in [0.15, 0.2) is 24.9 Å². The number of aromatic nitrogens is 4. The highest BCUT2D eigenvalue weighted by molar-refractivity contribution is 5.30. The molecule has 1 saturated heterocycles. The van der Waals surface area contributed by atoms with E-state index in [-0.39, 0.29) is 6.04 Å². The van der Waals surface area contributed by atoms with Crippen molar-refractivity contribution in [2.75, 3.05) is 13.2 Å². The van der Waals surface area contributed by atoms with E-state index in [1.165, 1.54) is 0 Å². The third kappa shape index (κ3) is 2.36. The van der Waals surface area contributed by atoms with Crippen molar-refractivity contribution in [1.29, 1.82) is 0 Å². The number of hydrogen-bond acceptors (Lipinski definition) is 4. The minimum Gasteiger partial charge on any atom is -0.381 e. The van der Waals surface area contributed by atoms with E-state index < -0.39 is 0 Å². The molecule has 2 aromatic rings. The molecule has 6 heteroatoms. The van der Waals surface area contributed by atoms with Crippen molar-refractivity contribution in [2.45, 2.75) is 32.4 Å². The van der Waals surface area contributed by atoms with Crippen LogP contribution in [0.2, 0.25) is 0 Å². The van der Waals surface area contributed by atoms with Gasteiger partial charge in [0, 0.05) is 24.8 Å². The first kappa shape index (κ1) is 13.3. The summed E-state index contributed by atoms with van der Waals surface area (Å²) in [6.45, 7) is 5.75. The first-order valence-corrected chi connectivity index (χ1v) is 7.07. The summed E-state index contributed by atoms with van der Waals surface area (Å²) in [6, 6.07) is 0.287. The number of hydrogen-bond donors (Lipinski definition) is 1. The molecule has 0 bridgehead atoms. The van der Waals surface area contributed by atoms with Crippen LogP contribution in [0.3, 0.4) is 0 Å². The van der Waals surface area contributed by atoms with Crippen molar-refractivity contribution in [1.82, 2.24) is 19.3 Å². The Morgan fingerprint density at radius 3 is 2.90 bits per heavy atom. The number of nitrogens with two attached hydrogens (primary N) is 1. The van der Waals surface area contributed by atoms with Crippen LogP contribution in [0.5, 0.6) is 0 Å². The number of ether oxygens (including phenoxy) is 1. The Bertz CT molecular complexity index is 568. The Hall–Kier alpha value is -1.66. The molecule has 2 aromatic heterocycles. The maximum Gasteiger partial charge on any atom is 0.0995 e. The van der Waals surface area contributed by atoms with Gasteiger partial charge in [-0.15, -0.1) is 0 Å². The van der Waals surface area contributed by atoms with Gasteiger partial charge in [0.05, 0.1) is 42.8 Å². The zero-order valence-corrected chi connectivity index (χ0v) is 11.9. The van der Waals surface area contributed by atoms with Crippen molar-refractivity contribution >= 4 is 0 Å². The van der Waals surface area contributed by atoms with E-state index in [0.29, 0.717) is 12.0 Å². The lowest BCUT2D eigenvalue weighted by Gasteiger charge is -2.18. The molecule has 1 aliphatic heterocycles.